The van der Waals surface area contributed by atoms with Gasteiger partial charge in [0.25, 0.3) is 0 Å². The van der Waals surface area contributed by atoms with Gasteiger partial charge >= 0.3 is 0 Å². The third-order valence-corrected chi connectivity index (χ3v) is 3.22. The van der Waals surface area contributed by atoms with Gasteiger partial charge in [-0.2, -0.15) is 0 Å². The highest BCUT2D eigenvalue weighted by molar-refractivity contribution is 5.43. The zero-order chi connectivity index (χ0) is 13.8. The highest BCUT2D eigenvalue weighted by Crippen LogP contribution is 2.31. The lowest BCUT2D eigenvalue weighted by atomic mass is 10.2. The minimum absolute atomic E-state index is 0.625. The van der Waals surface area contributed by atoms with Crippen LogP contribution in [0.1, 0.15) is 11.3 Å². The first-order valence-corrected chi connectivity index (χ1v) is 6.78. The van der Waals surface area contributed by atoms with Crippen LogP contribution in [0.4, 0.5) is 0 Å². The first-order chi connectivity index (χ1) is 9.81. The maximum Gasteiger partial charge on any atom is 0.161 e. The third-order valence-electron chi connectivity index (χ3n) is 3.22. The van der Waals surface area contributed by atoms with Crippen molar-refractivity contribution in [3.63, 3.8) is 0 Å². The molecule has 4 nitrogen and oxygen atoms in total. The Bertz CT molecular complexity index is 572. The summed E-state index contributed by atoms with van der Waals surface area (Å²) in [6.07, 6.45) is 1.83. The zero-order valence-corrected chi connectivity index (χ0v) is 11.6. The van der Waals surface area contributed by atoms with Gasteiger partial charge in [0.15, 0.2) is 11.5 Å². The molecule has 0 spiro atoms. The molecule has 4 heteroatoms. The van der Waals surface area contributed by atoms with Gasteiger partial charge in [-0.05, 0) is 36.9 Å². The van der Waals surface area contributed by atoms with Crippen LogP contribution in [0.2, 0.25) is 0 Å². The highest BCUT2D eigenvalue weighted by atomic mass is 16.6. The molecule has 1 aromatic heterocycles. The molecular formula is C16H18N2O2. The lowest BCUT2D eigenvalue weighted by Gasteiger charge is -2.21. The van der Waals surface area contributed by atoms with E-state index in [2.05, 4.69) is 29.1 Å². The normalized spacial score (nSPS) is 13.5. The number of benzene rings is 1. The lowest BCUT2D eigenvalue weighted by Crippen LogP contribution is -2.19. The maximum atomic E-state index is 5.61. The smallest absolute Gasteiger partial charge is 0.161 e. The molecule has 3 rings (SSSR count). The fourth-order valence-corrected chi connectivity index (χ4v) is 2.32. The topological polar surface area (TPSA) is 34.6 Å². The van der Waals surface area contributed by atoms with Crippen molar-refractivity contribution in [3.05, 3.63) is 53.9 Å². The Morgan fingerprint density at radius 1 is 1.05 bits per heavy atom. The SMILES string of the molecule is CN(Cc1ccc2c(c1)OCCO2)Cc1ccccn1. The van der Waals surface area contributed by atoms with Crippen LogP contribution in [0.25, 0.3) is 0 Å². The average Bonchev–Trinajstić information content (AvgIpc) is 2.48. The van der Waals surface area contributed by atoms with E-state index in [9.17, 15) is 0 Å². The Balaban J connectivity index is 1.65. The number of fused-ring (bicyclic) bond motifs is 1. The van der Waals surface area contributed by atoms with Gasteiger partial charge in [-0.3, -0.25) is 9.88 Å². The van der Waals surface area contributed by atoms with E-state index in [4.69, 9.17) is 9.47 Å². The maximum absolute atomic E-state index is 5.61. The first-order valence-electron chi connectivity index (χ1n) is 6.78. The predicted molar refractivity (Wildman–Crippen MR) is 76.8 cm³/mol. The molecule has 20 heavy (non-hydrogen) atoms. The molecule has 104 valence electrons. The van der Waals surface area contributed by atoms with E-state index < -0.39 is 0 Å². The molecule has 0 N–H and O–H groups in total. The van der Waals surface area contributed by atoms with Gasteiger partial charge in [0.1, 0.15) is 13.2 Å². The van der Waals surface area contributed by atoms with E-state index in [0.717, 1.165) is 30.3 Å². The molecule has 0 fully saturated rings. The molecule has 1 aromatic carbocycles. The average molecular weight is 270 g/mol. The molecule has 2 heterocycles. The third kappa shape index (κ3) is 3.08. The van der Waals surface area contributed by atoms with E-state index in [1.165, 1.54) is 5.56 Å². The van der Waals surface area contributed by atoms with Crippen LogP contribution in [-0.2, 0) is 13.1 Å². The summed E-state index contributed by atoms with van der Waals surface area (Å²) in [7, 11) is 2.09. The largest absolute Gasteiger partial charge is 0.486 e. The molecular weight excluding hydrogens is 252 g/mol. The van der Waals surface area contributed by atoms with Crippen molar-refractivity contribution in [2.75, 3.05) is 20.3 Å². The minimum Gasteiger partial charge on any atom is -0.486 e. The van der Waals surface area contributed by atoms with Crippen molar-refractivity contribution in [3.8, 4) is 11.5 Å². The minimum atomic E-state index is 0.625. The van der Waals surface area contributed by atoms with Gasteiger partial charge in [0, 0.05) is 19.3 Å². The quantitative estimate of drug-likeness (QED) is 0.855. The van der Waals surface area contributed by atoms with Crippen LogP contribution < -0.4 is 9.47 Å². The molecule has 0 unspecified atom stereocenters. The summed E-state index contributed by atoms with van der Waals surface area (Å²) >= 11 is 0. The second-order valence-electron chi connectivity index (χ2n) is 4.97. The molecule has 0 atom stereocenters. The van der Waals surface area contributed by atoms with Crippen LogP contribution in [-0.4, -0.2) is 30.1 Å². The number of hydrogen-bond acceptors (Lipinski definition) is 4. The number of pyridine rings is 1. The summed E-state index contributed by atoms with van der Waals surface area (Å²) in [5, 5.41) is 0. The first kappa shape index (κ1) is 12.9. The van der Waals surface area contributed by atoms with Crippen LogP contribution in [0.3, 0.4) is 0 Å². The Kier molecular flexibility index (Phi) is 3.83. The van der Waals surface area contributed by atoms with E-state index in [-0.39, 0.29) is 0 Å². The number of rotatable bonds is 4. The Hall–Kier alpha value is -2.07. The number of hydrogen-bond donors (Lipinski definition) is 0. The summed E-state index contributed by atoms with van der Waals surface area (Å²) in [4.78, 5) is 6.57. The lowest BCUT2D eigenvalue weighted by molar-refractivity contribution is 0.171. The summed E-state index contributed by atoms with van der Waals surface area (Å²) in [5.74, 6) is 1.69. The number of nitrogens with zero attached hydrogens (tertiary/aromatic N) is 2. The Morgan fingerprint density at radius 2 is 1.90 bits per heavy atom. The van der Waals surface area contributed by atoms with E-state index >= 15 is 0 Å². The van der Waals surface area contributed by atoms with E-state index in [1.807, 2.05) is 30.5 Å². The van der Waals surface area contributed by atoms with Crippen LogP contribution in [0.15, 0.2) is 42.6 Å². The van der Waals surface area contributed by atoms with E-state index in [0.29, 0.717) is 13.2 Å². The molecule has 0 aliphatic carbocycles. The predicted octanol–water partition coefficient (Wildman–Crippen LogP) is 2.48. The standard InChI is InChI=1S/C16H18N2O2/c1-18(12-14-4-2-3-7-17-14)11-13-5-6-15-16(10-13)20-9-8-19-15/h2-7,10H,8-9,11-12H2,1H3. The Labute approximate surface area is 119 Å². The summed E-state index contributed by atoms with van der Waals surface area (Å²) < 4.78 is 11.1. The van der Waals surface area contributed by atoms with Crippen molar-refractivity contribution in [1.82, 2.24) is 9.88 Å². The molecule has 0 amide bonds. The van der Waals surface area contributed by atoms with Crippen molar-refractivity contribution in [1.29, 1.82) is 0 Å². The van der Waals surface area contributed by atoms with Gasteiger partial charge in [-0.15, -0.1) is 0 Å². The van der Waals surface area contributed by atoms with Gasteiger partial charge in [-0.25, -0.2) is 0 Å². The summed E-state index contributed by atoms with van der Waals surface area (Å²) in [6.45, 7) is 2.94. The van der Waals surface area contributed by atoms with Gasteiger partial charge in [-0.1, -0.05) is 12.1 Å². The van der Waals surface area contributed by atoms with Crippen LogP contribution in [0, 0.1) is 0 Å². The number of ether oxygens (including phenoxy) is 2. The van der Waals surface area contributed by atoms with Crippen LogP contribution in [0.5, 0.6) is 11.5 Å². The Morgan fingerprint density at radius 3 is 2.70 bits per heavy atom. The fraction of sp³-hybridized carbons (Fsp3) is 0.312. The van der Waals surface area contributed by atoms with Gasteiger partial charge in [0.05, 0.1) is 5.69 Å². The second kappa shape index (κ2) is 5.92. The molecule has 2 aromatic rings. The molecule has 1 aliphatic heterocycles. The van der Waals surface area contributed by atoms with Crippen molar-refractivity contribution >= 4 is 0 Å². The molecule has 0 saturated heterocycles. The summed E-state index contributed by atoms with van der Waals surface area (Å²) in [6, 6.07) is 12.1. The van der Waals surface area contributed by atoms with Crippen LogP contribution >= 0.6 is 0 Å². The zero-order valence-electron chi connectivity index (χ0n) is 11.6. The summed E-state index contributed by atoms with van der Waals surface area (Å²) in [5.41, 5.74) is 2.29. The monoisotopic (exact) mass is 270 g/mol. The number of aromatic nitrogens is 1. The van der Waals surface area contributed by atoms with E-state index in [1.54, 1.807) is 0 Å². The van der Waals surface area contributed by atoms with Crippen molar-refractivity contribution in [2.24, 2.45) is 0 Å². The van der Waals surface area contributed by atoms with Gasteiger partial charge in [0.2, 0.25) is 0 Å². The molecule has 1 aliphatic rings. The second-order valence-corrected chi connectivity index (χ2v) is 4.97. The van der Waals surface area contributed by atoms with Gasteiger partial charge < -0.3 is 9.47 Å². The highest BCUT2D eigenvalue weighted by Gasteiger charge is 2.12. The fourth-order valence-electron chi connectivity index (χ4n) is 2.32. The van der Waals surface area contributed by atoms with Crippen molar-refractivity contribution < 1.29 is 9.47 Å². The van der Waals surface area contributed by atoms with Crippen molar-refractivity contribution in [2.45, 2.75) is 13.1 Å². The molecule has 0 saturated carbocycles. The molecule has 0 radical (unpaired) electrons. The molecule has 0 bridgehead atoms.